The quantitative estimate of drug-likeness (QED) is 0.0710. The number of carbonyl (C=O) groups excluding carboxylic acids is 1. The summed E-state index contributed by atoms with van der Waals surface area (Å²) in [6.07, 6.45) is -1.10. The third-order valence-electron chi connectivity index (χ3n) is 10.2. The van der Waals surface area contributed by atoms with Crippen LogP contribution in [-0.4, -0.2) is 81.6 Å². The maximum absolute atomic E-state index is 13.8. The maximum Gasteiger partial charge on any atom is 0.407 e. The van der Waals surface area contributed by atoms with Gasteiger partial charge in [-0.3, -0.25) is 4.79 Å². The summed E-state index contributed by atoms with van der Waals surface area (Å²) in [7, 11) is -4.66. The van der Waals surface area contributed by atoms with E-state index in [2.05, 4.69) is 20.4 Å². The molecule has 2 amide bonds. The van der Waals surface area contributed by atoms with E-state index in [0.717, 1.165) is 18.4 Å². The lowest BCUT2D eigenvalue weighted by Crippen LogP contribution is -2.41. The van der Waals surface area contributed by atoms with Crippen LogP contribution in [0, 0.1) is 11.3 Å². The summed E-state index contributed by atoms with van der Waals surface area (Å²) in [6, 6.07) is 16.2. The van der Waals surface area contributed by atoms with E-state index >= 15 is 0 Å². The van der Waals surface area contributed by atoms with Crippen molar-refractivity contribution in [1.82, 2.24) is 29.4 Å². The van der Waals surface area contributed by atoms with Gasteiger partial charge in [-0.05, 0) is 94.5 Å². The molecule has 1 atom stereocenters. The standard InChI is InChI=1S/C38H43ClF3N7O7S/c1-36(2)22-26(23-48(36)35(51)52)10-6-19-43-29-13-12-28(56-24-25-8-4-3-5-9-25)34(44-29)57(53,54)47-33(50)27-11-14-30(45-32(27)39)49-20-15-31(46-49)55-21-7-16-37(17-18-37)38(40,41)42/h3-5,8-9,11-15,20,26H,6-7,10,16-19,21-24H2,1-2H3,(H,43,44)(H,47,50)(H,51,52)/t26-/m0/s1. The van der Waals surface area contributed by atoms with Gasteiger partial charge in [0.1, 0.15) is 17.6 Å². The number of aromatic nitrogens is 4. The molecule has 3 N–H and O–H groups in total. The first-order valence-electron chi connectivity index (χ1n) is 18.4. The van der Waals surface area contributed by atoms with Crippen molar-refractivity contribution < 1.29 is 45.8 Å². The van der Waals surface area contributed by atoms with E-state index < -0.39 is 44.2 Å². The molecule has 1 saturated carbocycles. The smallest absolute Gasteiger partial charge is 0.407 e. The van der Waals surface area contributed by atoms with Crippen molar-refractivity contribution >= 4 is 39.4 Å². The Morgan fingerprint density at radius 3 is 2.44 bits per heavy atom. The van der Waals surface area contributed by atoms with Crippen molar-refractivity contribution in [3.63, 3.8) is 0 Å². The fourth-order valence-electron chi connectivity index (χ4n) is 6.96. The highest BCUT2D eigenvalue weighted by atomic mass is 35.5. The lowest BCUT2D eigenvalue weighted by molar-refractivity contribution is -0.189. The van der Waals surface area contributed by atoms with E-state index in [1.165, 1.54) is 40.0 Å². The normalized spacial score (nSPS) is 17.2. The third-order valence-corrected chi connectivity index (χ3v) is 11.8. The molecule has 0 unspecified atom stereocenters. The first-order valence-corrected chi connectivity index (χ1v) is 20.2. The summed E-state index contributed by atoms with van der Waals surface area (Å²) in [5.41, 5.74) is -1.55. The van der Waals surface area contributed by atoms with Gasteiger partial charge in [-0.25, -0.2) is 24.2 Å². The molecule has 306 valence electrons. The molecular formula is C38H43ClF3N7O7S. The van der Waals surface area contributed by atoms with E-state index in [9.17, 15) is 36.3 Å². The summed E-state index contributed by atoms with van der Waals surface area (Å²) in [5, 5.41) is 16.0. The molecular weight excluding hydrogens is 791 g/mol. The largest absolute Gasteiger partial charge is 0.486 e. The number of nitrogens with zero attached hydrogens (tertiary/aromatic N) is 5. The molecule has 1 saturated heterocycles. The van der Waals surface area contributed by atoms with Crippen molar-refractivity contribution in [3.05, 3.63) is 83.1 Å². The lowest BCUT2D eigenvalue weighted by Gasteiger charge is -2.28. The van der Waals surface area contributed by atoms with Crippen LogP contribution in [0.3, 0.4) is 0 Å². The van der Waals surface area contributed by atoms with Gasteiger partial charge < -0.3 is 24.8 Å². The van der Waals surface area contributed by atoms with Crippen molar-refractivity contribution in [3.8, 4) is 17.4 Å². The molecule has 4 aromatic rings. The highest BCUT2D eigenvalue weighted by Gasteiger charge is 2.62. The Labute approximate surface area is 332 Å². The number of amides is 2. The first kappa shape index (κ1) is 41.5. The monoisotopic (exact) mass is 833 g/mol. The summed E-state index contributed by atoms with van der Waals surface area (Å²) < 4.78 is 81.8. The molecule has 0 bridgehead atoms. The number of ether oxygens (including phenoxy) is 2. The SMILES string of the molecule is CC1(C)C[C@H](CCCNc2ccc(OCc3ccccc3)c(S(=O)(=O)NC(=O)c3ccc(-n4ccc(OCCCC5(C(F)(F)F)CC5)n4)nc3Cl)n2)CN1C(=O)O. The number of benzene rings is 1. The minimum absolute atomic E-state index is 0.0208. The van der Waals surface area contributed by atoms with Gasteiger partial charge in [-0.1, -0.05) is 41.9 Å². The number of sulfonamides is 1. The van der Waals surface area contributed by atoms with Crippen LogP contribution < -0.4 is 19.5 Å². The first-order chi connectivity index (χ1) is 27.0. The molecule has 2 fully saturated rings. The number of pyridine rings is 2. The van der Waals surface area contributed by atoms with Crippen LogP contribution in [0.15, 0.2) is 71.9 Å². The molecule has 14 nitrogen and oxygen atoms in total. The summed E-state index contributed by atoms with van der Waals surface area (Å²) in [4.78, 5) is 34.9. The van der Waals surface area contributed by atoms with Crippen molar-refractivity contribution in [2.75, 3.05) is 25.0 Å². The van der Waals surface area contributed by atoms with Crippen LogP contribution >= 0.6 is 11.6 Å². The molecule has 3 aromatic heterocycles. The third kappa shape index (κ3) is 10.1. The number of hydrogen-bond acceptors (Lipinski definition) is 10. The van der Waals surface area contributed by atoms with E-state index in [1.807, 2.05) is 48.9 Å². The number of likely N-dealkylation sites (tertiary alicyclic amines) is 1. The summed E-state index contributed by atoms with van der Waals surface area (Å²) >= 11 is 6.36. The predicted molar refractivity (Wildman–Crippen MR) is 203 cm³/mol. The minimum atomic E-state index is -4.66. The average Bonchev–Trinajstić information content (AvgIpc) is 3.70. The van der Waals surface area contributed by atoms with Crippen LogP contribution in [0.2, 0.25) is 5.15 Å². The molecule has 1 aliphatic carbocycles. The topological polar surface area (TPSA) is 178 Å². The second kappa shape index (κ2) is 16.8. The molecule has 0 radical (unpaired) electrons. The predicted octanol–water partition coefficient (Wildman–Crippen LogP) is 7.49. The number of alkyl halides is 3. The van der Waals surface area contributed by atoms with Gasteiger partial charge in [0.05, 0.1) is 17.6 Å². The Kier molecular flexibility index (Phi) is 12.2. The summed E-state index contributed by atoms with van der Waals surface area (Å²) in [6.45, 7) is 4.73. The molecule has 6 rings (SSSR count). The van der Waals surface area contributed by atoms with Crippen molar-refractivity contribution in [2.45, 2.75) is 82.1 Å². The second-order valence-electron chi connectivity index (χ2n) is 14.9. The fourth-order valence-corrected chi connectivity index (χ4v) is 8.26. The fraction of sp³-hybridized carbons (Fsp3) is 0.447. The number of anilines is 1. The van der Waals surface area contributed by atoms with Crippen LogP contribution in [0.5, 0.6) is 11.6 Å². The van der Waals surface area contributed by atoms with Gasteiger partial charge in [0, 0.05) is 30.9 Å². The highest BCUT2D eigenvalue weighted by Crippen LogP contribution is 2.60. The van der Waals surface area contributed by atoms with E-state index in [0.29, 0.717) is 19.5 Å². The van der Waals surface area contributed by atoms with Crippen molar-refractivity contribution in [2.24, 2.45) is 11.3 Å². The molecule has 2 aliphatic rings. The van der Waals surface area contributed by atoms with Gasteiger partial charge in [0.2, 0.25) is 10.9 Å². The minimum Gasteiger partial charge on any atom is -0.486 e. The molecule has 0 spiro atoms. The van der Waals surface area contributed by atoms with Gasteiger partial charge >= 0.3 is 12.3 Å². The van der Waals surface area contributed by atoms with E-state index in [1.54, 1.807) is 6.07 Å². The van der Waals surface area contributed by atoms with Gasteiger partial charge in [0.25, 0.3) is 15.9 Å². The van der Waals surface area contributed by atoms with E-state index in [4.69, 9.17) is 21.1 Å². The van der Waals surface area contributed by atoms with Crippen LogP contribution in [0.1, 0.15) is 74.7 Å². The molecule has 4 heterocycles. The van der Waals surface area contributed by atoms with Crippen molar-refractivity contribution in [1.29, 1.82) is 0 Å². The van der Waals surface area contributed by atoms with Gasteiger partial charge in [-0.2, -0.15) is 21.6 Å². The highest BCUT2D eigenvalue weighted by molar-refractivity contribution is 7.90. The number of carbonyl (C=O) groups is 2. The van der Waals surface area contributed by atoms with E-state index in [-0.39, 0.29) is 78.8 Å². The van der Waals surface area contributed by atoms with Gasteiger partial charge in [0.15, 0.2) is 11.6 Å². The molecule has 1 aromatic carbocycles. The number of carboxylic acid groups (broad SMARTS) is 1. The zero-order valence-corrected chi connectivity index (χ0v) is 32.8. The Hall–Kier alpha value is -5.10. The Morgan fingerprint density at radius 2 is 1.77 bits per heavy atom. The van der Waals surface area contributed by atoms with Crippen LogP contribution in [0.25, 0.3) is 5.82 Å². The zero-order chi connectivity index (χ0) is 41.0. The molecule has 57 heavy (non-hydrogen) atoms. The maximum atomic E-state index is 13.8. The summed E-state index contributed by atoms with van der Waals surface area (Å²) in [5.74, 6) is -0.476. The van der Waals surface area contributed by atoms with Crippen LogP contribution in [-0.2, 0) is 16.6 Å². The Bertz CT molecular complexity index is 2180. The number of halogens is 4. The number of hydrogen-bond donors (Lipinski definition) is 3. The number of rotatable bonds is 17. The number of nitrogens with one attached hydrogen (secondary N) is 2. The molecule has 1 aliphatic heterocycles. The Morgan fingerprint density at radius 1 is 1.02 bits per heavy atom. The zero-order valence-electron chi connectivity index (χ0n) is 31.3. The van der Waals surface area contributed by atoms with Crippen LogP contribution in [0.4, 0.5) is 23.8 Å². The molecule has 19 heteroatoms. The Balaban J connectivity index is 1.09. The van der Waals surface area contributed by atoms with Gasteiger partial charge in [-0.15, -0.1) is 5.10 Å². The lowest BCUT2D eigenvalue weighted by atomic mass is 9.93. The average molecular weight is 834 g/mol. The second-order valence-corrected chi connectivity index (χ2v) is 16.8.